The van der Waals surface area contributed by atoms with Gasteiger partial charge in [-0.25, -0.2) is 9.97 Å². The van der Waals surface area contributed by atoms with Crippen LogP contribution in [0.2, 0.25) is 0 Å². The molecule has 76 valence electrons. The summed E-state index contributed by atoms with van der Waals surface area (Å²) >= 11 is 0. The standard InChI is InChI=1S/C11H17N3/c1-11(2,3)4-10-13-6-8-5-12-7-9(8)14-10/h6,12H,4-5,7H2,1-3H3. The lowest BCUT2D eigenvalue weighted by Gasteiger charge is -2.16. The summed E-state index contributed by atoms with van der Waals surface area (Å²) in [6.45, 7) is 8.45. The third kappa shape index (κ3) is 2.10. The number of fused-ring (bicyclic) bond motifs is 1. The Balaban J connectivity index is 2.21. The molecule has 0 aliphatic carbocycles. The van der Waals surface area contributed by atoms with Gasteiger partial charge >= 0.3 is 0 Å². The van der Waals surface area contributed by atoms with Gasteiger partial charge in [0.25, 0.3) is 0 Å². The van der Waals surface area contributed by atoms with Crippen molar-refractivity contribution in [1.82, 2.24) is 15.3 Å². The third-order valence-electron chi connectivity index (χ3n) is 2.30. The van der Waals surface area contributed by atoms with Gasteiger partial charge in [-0.2, -0.15) is 0 Å². The molecule has 0 unspecified atom stereocenters. The van der Waals surface area contributed by atoms with Crippen LogP contribution in [-0.2, 0) is 19.5 Å². The number of hydrogen-bond acceptors (Lipinski definition) is 3. The highest BCUT2D eigenvalue weighted by Crippen LogP contribution is 2.19. The normalized spacial score (nSPS) is 15.6. The summed E-state index contributed by atoms with van der Waals surface area (Å²) in [7, 11) is 0. The molecule has 2 rings (SSSR count). The fourth-order valence-corrected chi connectivity index (χ4v) is 1.66. The third-order valence-corrected chi connectivity index (χ3v) is 2.30. The predicted molar refractivity (Wildman–Crippen MR) is 55.7 cm³/mol. The Morgan fingerprint density at radius 1 is 1.36 bits per heavy atom. The first-order valence-electron chi connectivity index (χ1n) is 5.09. The van der Waals surface area contributed by atoms with E-state index in [1.54, 1.807) is 0 Å². The summed E-state index contributed by atoms with van der Waals surface area (Å²) in [4.78, 5) is 8.95. The van der Waals surface area contributed by atoms with Crippen molar-refractivity contribution in [3.05, 3.63) is 23.3 Å². The zero-order valence-corrected chi connectivity index (χ0v) is 9.09. The van der Waals surface area contributed by atoms with Crippen LogP contribution in [0.15, 0.2) is 6.20 Å². The molecular formula is C11H17N3. The van der Waals surface area contributed by atoms with Crippen molar-refractivity contribution in [2.45, 2.75) is 40.3 Å². The number of nitrogens with zero attached hydrogens (tertiary/aromatic N) is 2. The van der Waals surface area contributed by atoms with Gasteiger partial charge in [-0.3, -0.25) is 0 Å². The van der Waals surface area contributed by atoms with E-state index in [2.05, 4.69) is 36.1 Å². The first-order chi connectivity index (χ1) is 6.54. The second kappa shape index (κ2) is 3.31. The highest BCUT2D eigenvalue weighted by Gasteiger charge is 2.17. The van der Waals surface area contributed by atoms with E-state index >= 15 is 0 Å². The van der Waals surface area contributed by atoms with Crippen LogP contribution in [0.4, 0.5) is 0 Å². The molecule has 1 aliphatic rings. The average molecular weight is 191 g/mol. The Labute approximate surface area is 85.0 Å². The Kier molecular flexibility index (Phi) is 2.27. The van der Waals surface area contributed by atoms with Gasteiger partial charge in [-0.1, -0.05) is 20.8 Å². The number of aromatic nitrogens is 2. The predicted octanol–water partition coefficient (Wildman–Crippen LogP) is 1.67. The highest BCUT2D eigenvalue weighted by atomic mass is 15.0. The van der Waals surface area contributed by atoms with Crippen LogP contribution in [0.3, 0.4) is 0 Å². The van der Waals surface area contributed by atoms with Crippen LogP contribution in [0.5, 0.6) is 0 Å². The highest BCUT2D eigenvalue weighted by molar-refractivity contribution is 5.21. The van der Waals surface area contributed by atoms with Gasteiger partial charge < -0.3 is 5.32 Å². The van der Waals surface area contributed by atoms with Crippen molar-refractivity contribution < 1.29 is 0 Å². The Morgan fingerprint density at radius 2 is 2.14 bits per heavy atom. The number of hydrogen-bond donors (Lipinski definition) is 1. The van der Waals surface area contributed by atoms with E-state index in [0.29, 0.717) is 0 Å². The maximum Gasteiger partial charge on any atom is 0.129 e. The second-order valence-electron chi connectivity index (χ2n) is 5.10. The SMILES string of the molecule is CC(C)(C)Cc1ncc2c(n1)CNC2. The smallest absolute Gasteiger partial charge is 0.129 e. The Hall–Kier alpha value is -0.960. The van der Waals surface area contributed by atoms with Gasteiger partial charge in [-0.15, -0.1) is 0 Å². The first kappa shape index (κ1) is 9.59. The number of rotatable bonds is 1. The van der Waals surface area contributed by atoms with Gasteiger partial charge in [0.2, 0.25) is 0 Å². The Bertz CT molecular complexity index is 339. The monoisotopic (exact) mass is 191 g/mol. The van der Waals surface area contributed by atoms with E-state index in [1.807, 2.05) is 6.20 Å². The van der Waals surface area contributed by atoms with E-state index in [9.17, 15) is 0 Å². The maximum atomic E-state index is 4.57. The zero-order chi connectivity index (χ0) is 10.2. The molecule has 0 fully saturated rings. The van der Waals surface area contributed by atoms with Gasteiger partial charge in [0.05, 0.1) is 5.69 Å². The molecule has 1 aromatic rings. The van der Waals surface area contributed by atoms with Crippen molar-refractivity contribution >= 4 is 0 Å². The lowest BCUT2D eigenvalue weighted by Crippen LogP contribution is -2.12. The molecule has 0 saturated carbocycles. The van der Waals surface area contributed by atoms with Gasteiger partial charge in [-0.05, 0) is 5.41 Å². The second-order valence-corrected chi connectivity index (χ2v) is 5.10. The van der Waals surface area contributed by atoms with Crippen LogP contribution in [-0.4, -0.2) is 9.97 Å². The van der Waals surface area contributed by atoms with Crippen molar-refractivity contribution in [1.29, 1.82) is 0 Å². The average Bonchev–Trinajstić information content (AvgIpc) is 2.47. The molecule has 3 nitrogen and oxygen atoms in total. The lowest BCUT2D eigenvalue weighted by atomic mass is 9.92. The molecule has 0 amide bonds. The Morgan fingerprint density at radius 3 is 2.86 bits per heavy atom. The molecule has 0 bridgehead atoms. The molecule has 1 aromatic heterocycles. The maximum absolute atomic E-state index is 4.57. The first-order valence-corrected chi connectivity index (χ1v) is 5.09. The molecule has 3 heteroatoms. The minimum absolute atomic E-state index is 0.264. The van der Waals surface area contributed by atoms with E-state index in [4.69, 9.17) is 0 Å². The molecule has 1 N–H and O–H groups in total. The fraction of sp³-hybridized carbons (Fsp3) is 0.636. The van der Waals surface area contributed by atoms with Crippen molar-refractivity contribution in [3.8, 4) is 0 Å². The fourth-order valence-electron chi connectivity index (χ4n) is 1.66. The van der Waals surface area contributed by atoms with Crippen LogP contribution in [0.1, 0.15) is 37.9 Å². The molecule has 0 spiro atoms. The quantitative estimate of drug-likeness (QED) is 0.733. The summed E-state index contributed by atoms with van der Waals surface area (Å²) in [5.74, 6) is 0.972. The van der Waals surface area contributed by atoms with Gasteiger partial charge in [0, 0.05) is 31.3 Å². The van der Waals surface area contributed by atoms with Crippen molar-refractivity contribution in [3.63, 3.8) is 0 Å². The van der Waals surface area contributed by atoms with E-state index in [1.165, 1.54) is 11.3 Å². The summed E-state index contributed by atoms with van der Waals surface area (Å²) in [5.41, 5.74) is 2.70. The molecular weight excluding hydrogens is 174 g/mol. The van der Waals surface area contributed by atoms with Crippen LogP contribution in [0.25, 0.3) is 0 Å². The molecule has 0 saturated heterocycles. The summed E-state index contributed by atoms with van der Waals surface area (Å²) in [5, 5.41) is 3.28. The van der Waals surface area contributed by atoms with E-state index in [0.717, 1.165) is 25.3 Å². The van der Waals surface area contributed by atoms with Crippen molar-refractivity contribution in [2.75, 3.05) is 0 Å². The molecule has 0 atom stereocenters. The summed E-state index contributed by atoms with van der Waals surface area (Å²) in [6, 6.07) is 0. The van der Waals surface area contributed by atoms with Crippen LogP contribution >= 0.6 is 0 Å². The molecule has 2 heterocycles. The molecule has 0 aromatic carbocycles. The number of nitrogens with one attached hydrogen (secondary N) is 1. The van der Waals surface area contributed by atoms with E-state index in [-0.39, 0.29) is 5.41 Å². The zero-order valence-electron chi connectivity index (χ0n) is 9.09. The van der Waals surface area contributed by atoms with Gasteiger partial charge in [0.1, 0.15) is 5.82 Å². The minimum atomic E-state index is 0.264. The minimum Gasteiger partial charge on any atom is -0.307 e. The van der Waals surface area contributed by atoms with E-state index < -0.39 is 0 Å². The van der Waals surface area contributed by atoms with Crippen molar-refractivity contribution in [2.24, 2.45) is 5.41 Å². The summed E-state index contributed by atoms with van der Waals surface area (Å²) in [6.07, 6.45) is 2.91. The van der Waals surface area contributed by atoms with Crippen LogP contribution in [0, 0.1) is 5.41 Å². The van der Waals surface area contributed by atoms with Gasteiger partial charge in [0.15, 0.2) is 0 Å². The molecule has 14 heavy (non-hydrogen) atoms. The summed E-state index contributed by atoms with van der Waals surface area (Å²) < 4.78 is 0. The van der Waals surface area contributed by atoms with Crippen LogP contribution < -0.4 is 5.32 Å². The molecule has 1 aliphatic heterocycles. The largest absolute Gasteiger partial charge is 0.307 e. The lowest BCUT2D eigenvalue weighted by molar-refractivity contribution is 0.400. The topological polar surface area (TPSA) is 37.8 Å². The molecule has 0 radical (unpaired) electrons.